The van der Waals surface area contributed by atoms with E-state index in [9.17, 15) is 4.79 Å². The minimum Gasteiger partial charge on any atom is -0.341 e. The fraction of sp³-hybridized carbons (Fsp3) is 0.909. The van der Waals surface area contributed by atoms with Gasteiger partial charge in [0.05, 0.1) is 0 Å². The van der Waals surface area contributed by atoms with Crippen molar-refractivity contribution in [1.82, 2.24) is 10.2 Å². The van der Waals surface area contributed by atoms with Crippen molar-refractivity contribution in [2.24, 2.45) is 5.92 Å². The molecule has 1 heterocycles. The van der Waals surface area contributed by atoms with Gasteiger partial charge in [-0.2, -0.15) is 0 Å². The summed E-state index contributed by atoms with van der Waals surface area (Å²) in [5, 5.41) is 3.30. The van der Waals surface area contributed by atoms with E-state index in [2.05, 4.69) is 19.2 Å². The second-order valence-electron chi connectivity index (χ2n) is 4.42. The van der Waals surface area contributed by atoms with Gasteiger partial charge < -0.3 is 10.2 Å². The summed E-state index contributed by atoms with van der Waals surface area (Å²) < 4.78 is 0. The summed E-state index contributed by atoms with van der Waals surface area (Å²) in [7, 11) is 0. The molecule has 14 heavy (non-hydrogen) atoms. The van der Waals surface area contributed by atoms with E-state index in [-0.39, 0.29) is 0 Å². The van der Waals surface area contributed by atoms with Gasteiger partial charge in [-0.1, -0.05) is 13.8 Å². The highest BCUT2D eigenvalue weighted by molar-refractivity contribution is 5.76. The molecule has 0 aromatic carbocycles. The molecular formula is C11H22N2O. The van der Waals surface area contributed by atoms with Crippen LogP contribution < -0.4 is 5.32 Å². The van der Waals surface area contributed by atoms with Crippen molar-refractivity contribution in [2.45, 2.75) is 33.1 Å². The Kier molecular flexibility index (Phi) is 4.94. The summed E-state index contributed by atoms with van der Waals surface area (Å²) in [5.41, 5.74) is 0. The molecule has 0 radical (unpaired) electrons. The lowest BCUT2D eigenvalue weighted by Crippen LogP contribution is -2.34. The van der Waals surface area contributed by atoms with Crippen molar-refractivity contribution >= 4 is 5.91 Å². The molecule has 3 nitrogen and oxygen atoms in total. The number of hydrogen-bond donors (Lipinski definition) is 1. The minimum atomic E-state index is 0.336. The van der Waals surface area contributed by atoms with E-state index in [1.165, 1.54) is 0 Å². The van der Waals surface area contributed by atoms with E-state index < -0.39 is 0 Å². The number of carbonyl (C=O) groups is 1. The molecule has 0 bridgehead atoms. The topological polar surface area (TPSA) is 32.3 Å². The third-order valence-electron chi connectivity index (χ3n) is 2.63. The normalized spacial score (nSPS) is 18.4. The van der Waals surface area contributed by atoms with Gasteiger partial charge in [0.1, 0.15) is 0 Å². The standard InChI is InChI=1S/C11H22N2O/c1-10(2)4-5-11(14)13-8-3-6-12-7-9-13/h10,12H,3-9H2,1-2H3. The van der Waals surface area contributed by atoms with E-state index in [1.54, 1.807) is 0 Å². The first kappa shape index (κ1) is 11.5. The minimum absolute atomic E-state index is 0.336. The molecule has 1 N–H and O–H groups in total. The highest BCUT2D eigenvalue weighted by Crippen LogP contribution is 2.07. The molecule has 1 aliphatic heterocycles. The number of carbonyl (C=O) groups excluding carboxylic acids is 1. The van der Waals surface area contributed by atoms with Crippen molar-refractivity contribution in [1.29, 1.82) is 0 Å². The predicted octanol–water partition coefficient (Wildman–Crippen LogP) is 1.24. The van der Waals surface area contributed by atoms with E-state index in [0.717, 1.165) is 45.4 Å². The van der Waals surface area contributed by atoms with Gasteiger partial charge in [-0.05, 0) is 25.3 Å². The van der Waals surface area contributed by atoms with Crippen molar-refractivity contribution in [3.8, 4) is 0 Å². The van der Waals surface area contributed by atoms with Crippen LogP contribution in [0.4, 0.5) is 0 Å². The lowest BCUT2D eigenvalue weighted by molar-refractivity contribution is -0.131. The maximum atomic E-state index is 11.8. The van der Waals surface area contributed by atoms with Gasteiger partial charge in [0.2, 0.25) is 5.91 Å². The van der Waals surface area contributed by atoms with Crippen LogP contribution in [0.3, 0.4) is 0 Å². The highest BCUT2D eigenvalue weighted by atomic mass is 16.2. The Hall–Kier alpha value is -0.570. The Balaban J connectivity index is 2.27. The molecule has 0 saturated carbocycles. The fourth-order valence-corrected chi connectivity index (χ4v) is 1.67. The smallest absolute Gasteiger partial charge is 0.222 e. The fourth-order valence-electron chi connectivity index (χ4n) is 1.67. The van der Waals surface area contributed by atoms with Crippen LogP contribution in [0.5, 0.6) is 0 Å². The first-order valence-electron chi connectivity index (χ1n) is 5.68. The Bertz CT molecular complexity index is 172. The van der Waals surface area contributed by atoms with E-state index >= 15 is 0 Å². The Morgan fingerprint density at radius 2 is 2.14 bits per heavy atom. The van der Waals surface area contributed by atoms with E-state index in [0.29, 0.717) is 11.8 Å². The van der Waals surface area contributed by atoms with Crippen LogP contribution >= 0.6 is 0 Å². The molecule has 1 aliphatic rings. The number of hydrogen-bond acceptors (Lipinski definition) is 2. The average molecular weight is 198 g/mol. The lowest BCUT2D eigenvalue weighted by atomic mass is 10.1. The average Bonchev–Trinajstić information content (AvgIpc) is 2.42. The second-order valence-corrected chi connectivity index (χ2v) is 4.42. The van der Waals surface area contributed by atoms with Crippen LogP contribution in [0, 0.1) is 5.92 Å². The molecule has 1 rings (SSSR count). The van der Waals surface area contributed by atoms with Crippen LogP contribution in [0.25, 0.3) is 0 Å². The van der Waals surface area contributed by atoms with Gasteiger partial charge in [-0.25, -0.2) is 0 Å². The molecule has 1 amide bonds. The molecule has 0 atom stereocenters. The molecule has 82 valence electrons. The SMILES string of the molecule is CC(C)CCC(=O)N1CCCNCC1. The van der Waals surface area contributed by atoms with Gasteiger partial charge in [0, 0.05) is 26.1 Å². The van der Waals surface area contributed by atoms with Crippen molar-refractivity contribution < 1.29 is 4.79 Å². The van der Waals surface area contributed by atoms with Crippen LogP contribution in [-0.4, -0.2) is 37.0 Å². The quantitative estimate of drug-likeness (QED) is 0.740. The summed E-state index contributed by atoms with van der Waals surface area (Å²) >= 11 is 0. The van der Waals surface area contributed by atoms with Gasteiger partial charge in [0.25, 0.3) is 0 Å². The lowest BCUT2D eigenvalue weighted by Gasteiger charge is -2.20. The first-order valence-corrected chi connectivity index (χ1v) is 5.68. The largest absolute Gasteiger partial charge is 0.341 e. The van der Waals surface area contributed by atoms with Crippen LogP contribution in [0.15, 0.2) is 0 Å². The second kappa shape index (κ2) is 6.02. The molecule has 0 aromatic rings. The number of amides is 1. The van der Waals surface area contributed by atoms with Gasteiger partial charge in [-0.15, -0.1) is 0 Å². The summed E-state index contributed by atoms with van der Waals surface area (Å²) in [6.07, 6.45) is 2.83. The molecule has 0 aliphatic carbocycles. The molecule has 0 unspecified atom stereocenters. The van der Waals surface area contributed by atoms with Crippen molar-refractivity contribution in [3.05, 3.63) is 0 Å². The summed E-state index contributed by atoms with van der Waals surface area (Å²) in [5.74, 6) is 0.964. The van der Waals surface area contributed by atoms with Crippen LogP contribution in [-0.2, 0) is 4.79 Å². The molecule has 0 spiro atoms. The molecule has 0 aromatic heterocycles. The maximum absolute atomic E-state index is 11.8. The third kappa shape index (κ3) is 4.09. The zero-order valence-electron chi connectivity index (χ0n) is 9.38. The monoisotopic (exact) mass is 198 g/mol. The van der Waals surface area contributed by atoms with Crippen LogP contribution in [0.1, 0.15) is 33.1 Å². The molecule has 3 heteroatoms. The van der Waals surface area contributed by atoms with E-state index in [4.69, 9.17) is 0 Å². The maximum Gasteiger partial charge on any atom is 0.222 e. The zero-order valence-corrected chi connectivity index (χ0v) is 9.38. The zero-order chi connectivity index (χ0) is 10.4. The van der Waals surface area contributed by atoms with Gasteiger partial charge >= 0.3 is 0 Å². The number of rotatable bonds is 3. The Morgan fingerprint density at radius 1 is 1.36 bits per heavy atom. The van der Waals surface area contributed by atoms with Gasteiger partial charge in [0.15, 0.2) is 0 Å². The summed E-state index contributed by atoms with van der Waals surface area (Å²) in [4.78, 5) is 13.8. The number of nitrogens with zero attached hydrogens (tertiary/aromatic N) is 1. The summed E-state index contributed by atoms with van der Waals surface area (Å²) in [6.45, 7) is 8.15. The predicted molar refractivity (Wildman–Crippen MR) is 58.1 cm³/mol. The van der Waals surface area contributed by atoms with Gasteiger partial charge in [-0.3, -0.25) is 4.79 Å². The van der Waals surface area contributed by atoms with Crippen molar-refractivity contribution in [3.63, 3.8) is 0 Å². The highest BCUT2D eigenvalue weighted by Gasteiger charge is 2.14. The molecule has 1 fully saturated rings. The third-order valence-corrected chi connectivity index (χ3v) is 2.63. The van der Waals surface area contributed by atoms with E-state index in [1.807, 2.05) is 4.90 Å². The Morgan fingerprint density at radius 3 is 2.86 bits per heavy atom. The van der Waals surface area contributed by atoms with Crippen molar-refractivity contribution in [2.75, 3.05) is 26.2 Å². The Labute approximate surface area is 86.9 Å². The summed E-state index contributed by atoms with van der Waals surface area (Å²) in [6, 6.07) is 0. The molecule has 1 saturated heterocycles. The van der Waals surface area contributed by atoms with Crippen LogP contribution in [0.2, 0.25) is 0 Å². The first-order chi connectivity index (χ1) is 6.70. The molecular weight excluding hydrogens is 176 g/mol. The number of nitrogens with one attached hydrogen (secondary N) is 1.